The maximum absolute atomic E-state index is 10.3. The predicted octanol–water partition coefficient (Wildman–Crippen LogP) is -0.550. The van der Waals surface area contributed by atoms with Gasteiger partial charge in [0.05, 0.1) is 4.86 Å². The monoisotopic (exact) mass is 206 g/mol. The summed E-state index contributed by atoms with van der Waals surface area (Å²) in [6, 6.07) is 0. The molecule has 0 aromatic heterocycles. The van der Waals surface area contributed by atoms with E-state index in [1.807, 2.05) is 5.02 Å². The minimum Gasteiger partial charge on any atom is -0.184 e. The van der Waals surface area contributed by atoms with Crippen molar-refractivity contribution in [2.24, 2.45) is 0 Å². The van der Waals surface area contributed by atoms with Gasteiger partial charge in [-0.05, 0) is 0 Å². The first-order valence-electron chi connectivity index (χ1n) is 2.82. The fourth-order valence-electron chi connectivity index (χ4n) is 0.431. The van der Waals surface area contributed by atoms with Crippen molar-refractivity contribution in [3.63, 3.8) is 0 Å². The summed E-state index contributed by atoms with van der Waals surface area (Å²) < 4.78 is 40.6. The van der Waals surface area contributed by atoms with E-state index in [0.29, 0.717) is 0 Å². The van der Waals surface area contributed by atoms with Crippen molar-refractivity contribution >= 4 is 30.5 Å². The van der Waals surface area contributed by atoms with E-state index < -0.39 is 20.6 Å². The van der Waals surface area contributed by atoms with Crippen molar-refractivity contribution in [2.45, 2.75) is 6.42 Å². The average molecular weight is 206 g/mol. The molecule has 0 atom stereocenters. The number of hydrogen-bond acceptors (Lipinski definition) is 4. The Morgan fingerprint density at radius 2 is 1.92 bits per heavy atom. The standard InChI is InChI=1S/C6H6O4S2/c1-2-3-6(12(9)10)4-5-11(7)8/h2,4H,1,3H2. The number of hydrogen-bond donors (Lipinski definition) is 0. The third-order valence-electron chi connectivity index (χ3n) is 0.876. The van der Waals surface area contributed by atoms with E-state index in [1.165, 1.54) is 6.08 Å². The Morgan fingerprint density at radius 1 is 1.33 bits per heavy atom. The van der Waals surface area contributed by atoms with E-state index in [1.54, 1.807) is 0 Å². The lowest BCUT2D eigenvalue weighted by atomic mass is 10.3. The van der Waals surface area contributed by atoms with Crippen LogP contribution in [0.2, 0.25) is 0 Å². The van der Waals surface area contributed by atoms with Crippen LogP contribution in [0.25, 0.3) is 0 Å². The molecule has 0 saturated carbocycles. The molecule has 0 amide bonds. The summed E-state index contributed by atoms with van der Waals surface area (Å²) in [5.74, 6) is 0. The van der Waals surface area contributed by atoms with Gasteiger partial charge in [0.2, 0.25) is 10.3 Å². The van der Waals surface area contributed by atoms with Crippen LogP contribution < -0.4 is 0 Å². The van der Waals surface area contributed by atoms with Gasteiger partial charge in [0.15, 0.2) is 0 Å². The van der Waals surface area contributed by atoms with Gasteiger partial charge in [-0.3, -0.25) is 0 Å². The Bertz CT molecular complexity index is 442. The van der Waals surface area contributed by atoms with E-state index in [2.05, 4.69) is 6.58 Å². The summed E-state index contributed by atoms with van der Waals surface area (Å²) in [4.78, 5) is -0.0609. The molecule has 0 aliphatic carbocycles. The zero-order valence-electron chi connectivity index (χ0n) is 6.02. The van der Waals surface area contributed by atoms with E-state index in [0.717, 1.165) is 6.08 Å². The zero-order valence-corrected chi connectivity index (χ0v) is 7.65. The summed E-state index contributed by atoms with van der Waals surface area (Å²) in [6.07, 6.45) is 2.35. The van der Waals surface area contributed by atoms with Gasteiger partial charge >= 0.3 is 0 Å². The fourth-order valence-corrected chi connectivity index (χ4v) is 1.15. The normalized spacial score (nSPS) is 8.00. The average Bonchev–Trinajstić information content (AvgIpc) is 1.96. The summed E-state index contributed by atoms with van der Waals surface area (Å²) in [5, 5.41) is 1.83. The summed E-state index contributed by atoms with van der Waals surface area (Å²) in [5.41, 5.74) is 0. The first kappa shape index (κ1) is 10.9. The maximum atomic E-state index is 10.3. The highest BCUT2D eigenvalue weighted by molar-refractivity contribution is 7.74. The highest BCUT2D eigenvalue weighted by Crippen LogP contribution is 1.84. The van der Waals surface area contributed by atoms with Crippen LogP contribution in [0, 0.1) is 0 Å². The van der Waals surface area contributed by atoms with Crippen molar-refractivity contribution in [3.8, 4) is 0 Å². The first-order valence-corrected chi connectivity index (χ1v) is 4.97. The molecule has 0 rings (SSSR count). The summed E-state index contributed by atoms with van der Waals surface area (Å²) in [6.45, 7) is 3.31. The van der Waals surface area contributed by atoms with Crippen molar-refractivity contribution in [3.05, 3.63) is 18.7 Å². The highest BCUT2D eigenvalue weighted by Gasteiger charge is 1.91. The quantitative estimate of drug-likeness (QED) is 0.353. The van der Waals surface area contributed by atoms with E-state index in [4.69, 9.17) is 0 Å². The molecule has 0 aromatic rings. The molecule has 0 aromatic carbocycles. The van der Waals surface area contributed by atoms with Crippen LogP contribution in [0.3, 0.4) is 0 Å². The van der Waals surface area contributed by atoms with Crippen molar-refractivity contribution in [1.29, 1.82) is 0 Å². The third kappa shape index (κ3) is 4.68. The molecule has 0 fully saturated rings. The summed E-state index contributed by atoms with van der Waals surface area (Å²) in [7, 11) is -4.91. The minimum absolute atomic E-state index is 0.0609. The summed E-state index contributed by atoms with van der Waals surface area (Å²) >= 11 is 0. The van der Waals surface area contributed by atoms with Gasteiger partial charge in [-0.15, -0.1) is 6.58 Å². The van der Waals surface area contributed by atoms with Crippen LogP contribution in [0.5, 0.6) is 0 Å². The molecule has 0 spiro atoms. The Hall–Kier alpha value is -1.10. The number of rotatable bonds is 3. The van der Waals surface area contributed by atoms with Crippen LogP contribution in [0.1, 0.15) is 6.42 Å². The SMILES string of the molecule is C=CCC(C=C=S(=O)=O)=S(=O)=O. The van der Waals surface area contributed by atoms with Crippen LogP contribution in [-0.2, 0) is 20.6 Å². The second-order valence-electron chi connectivity index (χ2n) is 1.69. The molecule has 4 nitrogen and oxygen atoms in total. The molecule has 0 unspecified atom stereocenters. The van der Waals surface area contributed by atoms with Crippen LogP contribution in [0.4, 0.5) is 0 Å². The predicted molar refractivity (Wildman–Crippen MR) is 47.2 cm³/mol. The first-order chi connectivity index (χ1) is 5.57. The van der Waals surface area contributed by atoms with Gasteiger partial charge in [-0.2, -0.15) is 16.8 Å². The Morgan fingerprint density at radius 3 is 2.25 bits per heavy atom. The Balaban J connectivity index is 5.24. The fraction of sp³-hybridized carbons (Fsp3) is 0.167. The molecule has 0 N–H and O–H groups in total. The van der Waals surface area contributed by atoms with Gasteiger partial charge in [-0.1, -0.05) is 6.08 Å². The van der Waals surface area contributed by atoms with E-state index in [-0.39, 0.29) is 11.3 Å². The second kappa shape index (κ2) is 5.54. The lowest BCUT2D eigenvalue weighted by molar-refractivity contribution is 0.626. The molecule has 0 aliphatic heterocycles. The Kier molecular flexibility index (Phi) is 5.03. The van der Waals surface area contributed by atoms with Crippen LogP contribution in [-0.4, -0.2) is 26.7 Å². The van der Waals surface area contributed by atoms with Crippen molar-refractivity contribution in [1.82, 2.24) is 0 Å². The molecule has 0 bridgehead atoms. The second-order valence-corrected chi connectivity index (χ2v) is 3.39. The van der Waals surface area contributed by atoms with E-state index >= 15 is 0 Å². The topological polar surface area (TPSA) is 68.3 Å². The van der Waals surface area contributed by atoms with Crippen LogP contribution >= 0.6 is 0 Å². The van der Waals surface area contributed by atoms with Gasteiger partial charge in [0.25, 0.3) is 10.3 Å². The largest absolute Gasteiger partial charge is 0.260 e. The lowest BCUT2D eigenvalue weighted by Crippen LogP contribution is -1.92. The maximum Gasteiger partial charge on any atom is 0.260 e. The molecule has 66 valence electrons. The van der Waals surface area contributed by atoms with Gasteiger partial charge in [-0.25, -0.2) is 0 Å². The van der Waals surface area contributed by atoms with Gasteiger partial charge in [0.1, 0.15) is 0 Å². The van der Waals surface area contributed by atoms with Gasteiger partial charge in [0, 0.05) is 17.5 Å². The highest BCUT2D eigenvalue weighted by atomic mass is 32.2. The minimum atomic E-state index is -2.49. The van der Waals surface area contributed by atoms with Gasteiger partial charge < -0.3 is 0 Å². The van der Waals surface area contributed by atoms with Crippen molar-refractivity contribution in [2.75, 3.05) is 0 Å². The van der Waals surface area contributed by atoms with Crippen molar-refractivity contribution < 1.29 is 16.8 Å². The number of allylic oxidation sites excluding steroid dienone is 2. The molecule has 0 saturated heterocycles. The lowest BCUT2D eigenvalue weighted by Gasteiger charge is -1.82. The molecule has 0 radical (unpaired) electrons. The molecule has 12 heavy (non-hydrogen) atoms. The van der Waals surface area contributed by atoms with Crippen LogP contribution in [0.15, 0.2) is 18.7 Å². The van der Waals surface area contributed by atoms with E-state index in [9.17, 15) is 16.8 Å². The zero-order chi connectivity index (χ0) is 9.56. The third-order valence-corrected chi connectivity index (χ3v) is 1.90. The molecular formula is C6H6O4S2. The molecular weight excluding hydrogens is 200 g/mol. The molecule has 0 aliphatic rings. The molecule has 0 heterocycles. The Labute approximate surface area is 72.9 Å². The smallest absolute Gasteiger partial charge is 0.184 e. The molecule has 6 heteroatoms.